The van der Waals surface area contributed by atoms with Gasteiger partial charge in [0.05, 0.1) is 53.9 Å². The van der Waals surface area contributed by atoms with Crippen LogP contribution in [0.5, 0.6) is 0 Å². The molecule has 1 N–H and O–H groups in total. The van der Waals surface area contributed by atoms with Crippen molar-refractivity contribution in [3.05, 3.63) is 90.0 Å². The first kappa shape index (κ1) is 17.0. The molecule has 0 saturated carbocycles. The number of H-pyrrole nitrogens is 1. The first-order valence-electron chi connectivity index (χ1n) is 10.0. The first-order valence-corrected chi connectivity index (χ1v) is 10.0. The predicted molar refractivity (Wildman–Crippen MR) is 119 cm³/mol. The zero-order valence-corrected chi connectivity index (χ0v) is 16.6. The maximum atomic E-state index is 4.69. The molecule has 30 heavy (non-hydrogen) atoms. The predicted octanol–water partition coefficient (Wildman–Crippen LogP) is 4.67. The van der Waals surface area contributed by atoms with Gasteiger partial charge in [0.25, 0.3) is 0 Å². The Morgan fingerprint density at radius 2 is 1.63 bits per heavy atom. The minimum absolute atomic E-state index is 0.680. The van der Waals surface area contributed by atoms with Crippen LogP contribution in [0.15, 0.2) is 73.3 Å². The zero-order valence-electron chi connectivity index (χ0n) is 16.6. The van der Waals surface area contributed by atoms with Crippen molar-refractivity contribution < 1.29 is 0 Å². The van der Waals surface area contributed by atoms with Gasteiger partial charge in [-0.2, -0.15) is 10.2 Å². The molecule has 0 aliphatic heterocycles. The van der Waals surface area contributed by atoms with Crippen molar-refractivity contribution in [2.24, 2.45) is 0 Å². The van der Waals surface area contributed by atoms with Crippen LogP contribution in [0.4, 0.5) is 0 Å². The van der Waals surface area contributed by atoms with Crippen LogP contribution in [0, 0.1) is 6.92 Å². The molecule has 0 amide bonds. The summed E-state index contributed by atoms with van der Waals surface area (Å²) in [7, 11) is 0. The Bertz CT molecular complexity index is 1520. The van der Waals surface area contributed by atoms with E-state index in [0.717, 1.165) is 33.0 Å². The Hall–Kier alpha value is -3.93. The molecule has 6 heteroatoms. The standard InChI is InChI=1S/C24H20N6/c1-16-8-9-22-19(10-16)11-27-29(22)13-17-4-3-7-23-20(17)12-28-30(23)14-18-5-2-6-21-24(18)26-15-25-21/h2-12,15H,13-14H2,1H3,(H,25,26). The highest BCUT2D eigenvalue weighted by Gasteiger charge is 2.11. The number of rotatable bonds is 4. The lowest BCUT2D eigenvalue weighted by Gasteiger charge is -2.08. The van der Waals surface area contributed by atoms with Gasteiger partial charge in [-0.3, -0.25) is 9.36 Å². The van der Waals surface area contributed by atoms with E-state index in [4.69, 9.17) is 5.10 Å². The van der Waals surface area contributed by atoms with Crippen molar-refractivity contribution in [2.75, 3.05) is 0 Å². The van der Waals surface area contributed by atoms with Crippen LogP contribution in [-0.2, 0) is 13.1 Å². The van der Waals surface area contributed by atoms with Crippen LogP contribution in [0.2, 0.25) is 0 Å². The van der Waals surface area contributed by atoms with Gasteiger partial charge in [0.2, 0.25) is 0 Å². The number of imidazole rings is 1. The van der Waals surface area contributed by atoms with Crippen LogP contribution in [0.3, 0.4) is 0 Å². The topological polar surface area (TPSA) is 64.3 Å². The molecule has 6 rings (SSSR count). The molecule has 0 fully saturated rings. The highest BCUT2D eigenvalue weighted by molar-refractivity contribution is 5.84. The second-order valence-corrected chi connectivity index (χ2v) is 7.73. The van der Waals surface area contributed by atoms with Crippen molar-refractivity contribution >= 4 is 32.8 Å². The lowest BCUT2D eigenvalue weighted by atomic mass is 10.1. The SMILES string of the molecule is Cc1ccc2c(cnn2Cc2cccc3c2cnn3Cc2cccc3[nH]cnc23)c1. The molecular weight excluding hydrogens is 372 g/mol. The van der Waals surface area contributed by atoms with Gasteiger partial charge >= 0.3 is 0 Å². The van der Waals surface area contributed by atoms with E-state index in [1.54, 1.807) is 6.33 Å². The molecule has 3 aromatic carbocycles. The Morgan fingerprint density at radius 1 is 0.833 bits per heavy atom. The molecule has 3 heterocycles. The number of para-hydroxylation sites is 1. The lowest BCUT2D eigenvalue weighted by molar-refractivity contribution is 0.713. The van der Waals surface area contributed by atoms with E-state index >= 15 is 0 Å². The Balaban J connectivity index is 1.39. The van der Waals surface area contributed by atoms with Crippen LogP contribution < -0.4 is 0 Å². The summed E-state index contributed by atoms with van der Waals surface area (Å²) in [6.45, 7) is 3.50. The van der Waals surface area contributed by atoms with Crippen molar-refractivity contribution in [3.63, 3.8) is 0 Å². The number of fused-ring (bicyclic) bond motifs is 3. The average Bonchev–Trinajstić information content (AvgIpc) is 3.48. The third-order valence-electron chi connectivity index (χ3n) is 5.75. The minimum Gasteiger partial charge on any atom is -0.345 e. The van der Waals surface area contributed by atoms with Gasteiger partial charge in [-0.25, -0.2) is 4.98 Å². The highest BCUT2D eigenvalue weighted by atomic mass is 15.3. The second kappa shape index (κ2) is 6.56. The average molecular weight is 392 g/mol. The van der Waals surface area contributed by atoms with E-state index < -0.39 is 0 Å². The summed E-state index contributed by atoms with van der Waals surface area (Å²) in [6.07, 6.45) is 5.64. The Labute approximate surface area is 172 Å². The molecule has 0 spiro atoms. The number of nitrogens with zero attached hydrogens (tertiary/aromatic N) is 5. The molecule has 146 valence electrons. The van der Waals surface area contributed by atoms with Crippen molar-refractivity contribution in [1.29, 1.82) is 0 Å². The fourth-order valence-corrected chi connectivity index (χ4v) is 4.24. The summed E-state index contributed by atoms with van der Waals surface area (Å²) in [5.74, 6) is 0. The monoisotopic (exact) mass is 392 g/mol. The molecule has 0 aliphatic carbocycles. The largest absolute Gasteiger partial charge is 0.345 e. The highest BCUT2D eigenvalue weighted by Crippen LogP contribution is 2.24. The van der Waals surface area contributed by atoms with Crippen molar-refractivity contribution in [1.82, 2.24) is 29.5 Å². The van der Waals surface area contributed by atoms with Gasteiger partial charge in [-0.05, 0) is 36.8 Å². The van der Waals surface area contributed by atoms with E-state index in [-0.39, 0.29) is 0 Å². The van der Waals surface area contributed by atoms with Crippen molar-refractivity contribution in [3.8, 4) is 0 Å². The van der Waals surface area contributed by atoms with Gasteiger partial charge < -0.3 is 4.98 Å². The fraction of sp³-hybridized carbons (Fsp3) is 0.125. The maximum Gasteiger partial charge on any atom is 0.0933 e. The molecule has 0 radical (unpaired) electrons. The minimum atomic E-state index is 0.680. The molecule has 6 aromatic rings. The number of aromatic amines is 1. The second-order valence-electron chi connectivity index (χ2n) is 7.73. The number of benzene rings is 3. The number of nitrogens with one attached hydrogen (secondary N) is 1. The summed E-state index contributed by atoms with van der Waals surface area (Å²) >= 11 is 0. The van der Waals surface area contributed by atoms with Crippen LogP contribution >= 0.6 is 0 Å². The molecule has 3 aromatic heterocycles. The lowest BCUT2D eigenvalue weighted by Crippen LogP contribution is -2.03. The van der Waals surface area contributed by atoms with E-state index in [1.807, 2.05) is 23.1 Å². The van der Waals surface area contributed by atoms with Gasteiger partial charge in [0.15, 0.2) is 0 Å². The molecule has 6 nitrogen and oxygen atoms in total. The third-order valence-corrected chi connectivity index (χ3v) is 5.75. The van der Waals surface area contributed by atoms with Crippen LogP contribution in [0.1, 0.15) is 16.7 Å². The summed E-state index contributed by atoms with van der Waals surface area (Å²) in [5, 5.41) is 11.6. The summed E-state index contributed by atoms with van der Waals surface area (Å²) < 4.78 is 4.11. The van der Waals surface area contributed by atoms with Gasteiger partial charge in [0, 0.05) is 16.3 Å². The molecule has 0 aliphatic rings. The van der Waals surface area contributed by atoms with E-state index in [2.05, 4.69) is 75.2 Å². The number of hydrogen-bond acceptors (Lipinski definition) is 3. The van der Waals surface area contributed by atoms with Gasteiger partial charge in [-0.15, -0.1) is 0 Å². The van der Waals surface area contributed by atoms with E-state index in [9.17, 15) is 0 Å². The third kappa shape index (κ3) is 2.69. The normalized spacial score (nSPS) is 11.8. The first-order chi connectivity index (χ1) is 14.8. The zero-order chi connectivity index (χ0) is 20.1. The van der Waals surface area contributed by atoms with Crippen LogP contribution in [0.25, 0.3) is 32.8 Å². The Morgan fingerprint density at radius 3 is 2.60 bits per heavy atom. The molecule has 0 unspecified atom stereocenters. The van der Waals surface area contributed by atoms with Gasteiger partial charge in [-0.1, -0.05) is 35.9 Å². The molecular formula is C24H20N6. The fourth-order valence-electron chi connectivity index (χ4n) is 4.24. The van der Waals surface area contributed by atoms with E-state index in [1.165, 1.54) is 16.5 Å². The molecule has 0 bridgehead atoms. The summed E-state index contributed by atoms with van der Waals surface area (Å²) in [5.41, 5.74) is 7.92. The molecule has 0 atom stereocenters. The number of aromatic nitrogens is 6. The van der Waals surface area contributed by atoms with Gasteiger partial charge in [0.1, 0.15) is 0 Å². The summed E-state index contributed by atoms with van der Waals surface area (Å²) in [4.78, 5) is 7.65. The quantitative estimate of drug-likeness (QED) is 0.474. The summed E-state index contributed by atoms with van der Waals surface area (Å²) in [6, 6.07) is 19.0. The van der Waals surface area contributed by atoms with E-state index in [0.29, 0.717) is 13.1 Å². The molecule has 0 saturated heterocycles. The smallest absolute Gasteiger partial charge is 0.0933 e. The van der Waals surface area contributed by atoms with Crippen LogP contribution in [-0.4, -0.2) is 29.5 Å². The van der Waals surface area contributed by atoms with Crippen molar-refractivity contribution in [2.45, 2.75) is 20.0 Å². The Kier molecular flexibility index (Phi) is 3.71. The number of hydrogen-bond donors (Lipinski definition) is 1. The number of aryl methyl sites for hydroxylation is 1. The maximum absolute atomic E-state index is 4.69.